The van der Waals surface area contributed by atoms with E-state index in [-0.39, 0.29) is 0 Å². The van der Waals surface area contributed by atoms with E-state index >= 15 is 0 Å². The van der Waals surface area contributed by atoms with Gasteiger partial charge >= 0.3 is 0 Å². The van der Waals surface area contributed by atoms with Crippen molar-refractivity contribution in [2.24, 2.45) is 0 Å². The number of ether oxygens (including phenoxy) is 3. The lowest BCUT2D eigenvalue weighted by Crippen LogP contribution is -1.92. The first-order valence-corrected chi connectivity index (χ1v) is 4.99. The second-order valence-electron chi connectivity index (χ2n) is 3.36. The lowest BCUT2D eigenvalue weighted by molar-refractivity contribution is 0.358. The molecule has 84 valence electrons. The third kappa shape index (κ3) is 1.54. The third-order valence-corrected chi connectivity index (χ3v) is 2.58. The van der Waals surface area contributed by atoms with Gasteiger partial charge in [0.05, 0.1) is 21.3 Å². The Kier molecular flexibility index (Phi) is 2.86. The fourth-order valence-electron chi connectivity index (χ4n) is 1.83. The molecule has 0 spiro atoms. The summed E-state index contributed by atoms with van der Waals surface area (Å²) in [7, 11) is 4.92. The third-order valence-electron chi connectivity index (χ3n) is 2.58. The highest BCUT2D eigenvalue weighted by atomic mass is 16.5. The highest BCUT2D eigenvalue weighted by molar-refractivity contribution is 5.95. The van der Waals surface area contributed by atoms with Gasteiger partial charge in [-0.2, -0.15) is 0 Å². The summed E-state index contributed by atoms with van der Waals surface area (Å²) in [5.74, 6) is 2.29. The van der Waals surface area contributed by atoms with Crippen molar-refractivity contribution in [3.63, 3.8) is 0 Å². The molecule has 0 fully saturated rings. The molecule has 0 unspecified atom stereocenters. The lowest BCUT2D eigenvalue weighted by atomic mass is 10.1. The van der Waals surface area contributed by atoms with Crippen LogP contribution in [0.15, 0.2) is 30.3 Å². The second-order valence-corrected chi connectivity index (χ2v) is 3.36. The Morgan fingerprint density at radius 3 is 2.06 bits per heavy atom. The number of methoxy groups -OCH3 is 3. The van der Waals surface area contributed by atoms with Crippen LogP contribution in [0.3, 0.4) is 0 Å². The molecule has 0 aromatic heterocycles. The van der Waals surface area contributed by atoms with Crippen molar-refractivity contribution >= 4 is 10.8 Å². The zero-order chi connectivity index (χ0) is 11.5. The Bertz CT molecular complexity index is 506. The van der Waals surface area contributed by atoms with Crippen LogP contribution >= 0.6 is 0 Å². The van der Waals surface area contributed by atoms with E-state index in [0.29, 0.717) is 0 Å². The van der Waals surface area contributed by atoms with Crippen molar-refractivity contribution in [1.82, 2.24) is 0 Å². The molecule has 0 N–H and O–H groups in total. The summed E-state index contributed by atoms with van der Waals surface area (Å²) in [5, 5.41) is 2.00. The summed E-state index contributed by atoms with van der Waals surface area (Å²) in [4.78, 5) is 0. The first-order valence-electron chi connectivity index (χ1n) is 4.99. The smallest absolute Gasteiger partial charge is 0.168 e. The Morgan fingerprint density at radius 1 is 0.688 bits per heavy atom. The molecular formula is C13H14O3. The number of benzene rings is 2. The molecule has 3 nitrogen and oxygen atoms in total. The van der Waals surface area contributed by atoms with Crippen molar-refractivity contribution in [2.75, 3.05) is 21.3 Å². The van der Waals surface area contributed by atoms with Gasteiger partial charge in [0, 0.05) is 10.8 Å². The molecule has 3 heteroatoms. The van der Waals surface area contributed by atoms with E-state index in [1.54, 1.807) is 21.3 Å². The van der Waals surface area contributed by atoms with Gasteiger partial charge in [0.15, 0.2) is 11.5 Å². The maximum Gasteiger partial charge on any atom is 0.168 e. The highest BCUT2D eigenvalue weighted by Crippen LogP contribution is 2.38. The van der Waals surface area contributed by atoms with Gasteiger partial charge in [-0.15, -0.1) is 0 Å². The largest absolute Gasteiger partial charge is 0.496 e. The number of hydrogen-bond donors (Lipinski definition) is 0. The molecule has 2 aromatic carbocycles. The zero-order valence-corrected chi connectivity index (χ0v) is 9.61. The minimum atomic E-state index is 0.725. The molecule has 16 heavy (non-hydrogen) atoms. The van der Waals surface area contributed by atoms with E-state index in [4.69, 9.17) is 14.2 Å². The van der Waals surface area contributed by atoms with Gasteiger partial charge in [0.1, 0.15) is 5.75 Å². The van der Waals surface area contributed by atoms with E-state index in [2.05, 4.69) is 0 Å². The Balaban J connectivity index is 2.78. The normalized spacial score (nSPS) is 10.2. The van der Waals surface area contributed by atoms with Crippen LogP contribution in [0, 0.1) is 0 Å². The van der Waals surface area contributed by atoms with Crippen LogP contribution in [-0.4, -0.2) is 21.3 Å². The standard InChI is InChI=1S/C13H14O3/c1-14-11-6-4-5-10-9(11)7-8-12(15-2)13(10)16-3/h4-8H,1-3H3. The molecule has 0 saturated heterocycles. The molecule has 0 aliphatic carbocycles. The van der Waals surface area contributed by atoms with E-state index < -0.39 is 0 Å². The Morgan fingerprint density at radius 2 is 1.44 bits per heavy atom. The maximum atomic E-state index is 5.37. The van der Waals surface area contributed by atoms with Gasteiger partial charge in [-0.25, -0.2) is 0 Å². The van der Waals surface area contributed by atoms with Crippen LogP contribution in [0.1, 0.15) is 0 Å². The first-order chi connectivity index (χ1) is 7.81. The number of hydrogen-bond acceptors (Lipinski definition) is 3. The summed E-state index contributed by atoms with van der Waals surface area (Å²) in [6, 6.07) is 9.69. The molecule has 2 aromatic rings. The molecule has 0 aliphatic heterocycles. The zero-order valence-electron chi connectivity index (χ0n) is 9.61. The van der Waals surface area contributed by atoms with Gasteiger partial charge in [0.2, 0.25) is 0 Å². The summed E-state index contributed by atoms with van der Waals surface area (Å²) in [5.41, 5.74) is 0. The molecule has 0 atom stereocenters. The van der Waals surface area contributed by atoms with E-state index in [9.17, 15) is 0 Å². The van der Waals surface area contributed by atoms with Gasteiger partial charge < -0.3 is 14.2 Å². The summed E-state index contributed by atoms with van der Waals surface area (Å²) >= 11 is 0. The van der Waals surface area contributed by atoms with E-state index in [1.165, 1.54) is 0 Å². The average molecular weight is 218 g/mol. The monoisotopic (exact) mass is 218 g/mol. The second kappa shape index (κ2) is 4.31. The van der Waals surface area contributed by atoms with Crippen LogP contribution < -0.4 is 14.2 Å². The predicted molar refractivity (Wildman–Crippen MR) is 63.6 cm³/mol. The molecule has 0 aliphatic rings. The average Bonchev–Trinajstić information content (AvgIpc) is 2.36. The van der Waals surface area contributed by atoms with Crippen LogP contribution in [0.25, 0.3) is 10.8 Å². The molecule has 0 heterocycles. The van der Waals surface area contributed by atoms with Crippen molar-refractivity contribution in [3.8, 4) is 17.2 Å². The van der Waals surface area contributed by atoms with Gasteiger partial charge in [-0.05, 0) is 18.2 Å². The molecular weight excluding hydrogens is 204 g/mol. The lowest BCUT2D eigenvalue weighted by Gasteiger charge is -2.12. The first kappa shape index (κ1) is 10.6. The van der Waals surface area contributed by atoms with Gasteiger partial charge in [0.25, 0.3) is 0 Å². The topological polar surface area (TPSA) is 27.7 Å². The van der Waals surface area contributed by atoms with Crippen LogP contribution in [0.5, 0.6) is 17.2 Å². The molecule has 0 radical (unpaired) electrons. The molecule has 0 bridgehead atoms. The number of fused-ring (bicyclic) bond motifs is 1. The van der Waals surface area contributed by atoms with Crippen molar-refractivity contribution in [3.05, 3.63) is 30.3 Å². The summed E-state index contributed by atoms with van der Waals surface area (Å²) in [6.07, 6.45) is 0. The summed E-state index contributed by atoms with van der Waals surface area (Å²) < 4.78 is 15.9. The van der Waals surface area contributed by atoms with Crippen LogP contribution in [-0.2, 0) is 0 Å². The fourth-order valence-corrected chi connectivity index (χ4v) is 1.83. The highest BCUT2D eigenvalue weighted by Gasteiger charge is 2.10. The van der Waals surface area contributed by atoms with Crippen LogP contribution in [0.2, 0.25) is 0 Å². The number of rotatable bonds is 3. The predicted octanol–water partition coefficient (Wildman–Crippen LogP) is 2.87. The Hall–Kier alpha value is -1.90. The van der Waals surface area contributed by atoms with Crippen molar-refractivity contribution in [1.29, 1.82) is 0 Å². The van der Waals surface area contributed by atoms with Gasteiger partial charge in [-0.1, -0.05) is 12.1 Å². The molecule has 2 rings (SSSR count). The van der Waals surface area contributed by atoms with E-state index in [1.807, 2.05) is 30.3 Å². The van der Waals surface area contributed by atoms with Crippen LogP contribution in [0.4, 0.5) is 0 Å². The van der Waals surface area contributed by atoms with E-state index in [0.717, 1.165) is 28.0 Å². The quantitative estimate of drug-likeness (QED) is 0.792. The van der Waals surface area contributed by atoms with Crippen molar-refractivity contribution in [2.45, 2.75) is 0 Å². The summed E-state index contributed by atoms with van der Waals surface area (Å²) in [6.45, 7) is 0. The minimum Gasteiger partial charge on any atom is -0.496 e. The SMILES string of the molecule is COc1ccc2c(OC)cccc2c1OC. The molecule has 0 amide bonds. The Labute approximate surface area is 94.5 Å². The molecule has 0 saturated carbocycles. The minimum absolute atomic E-state index is 0.725. The van der Waals surface area contributed by atoms with Crippen molar-refractivity contribution < 1.29 is 14.2 Å². The fraction of sp³-hybridized carbons (Fsp3) is 0.231. The van der Waals surface area contributed by atoms with Gasteiger partial charge in [-0.3, -0.25) is 0 Å². The maximum absolute atomic E-state index is 5.37.